The normalized spacial score (nSPS) is 15.9. The molecule has 1 unspecified atom stereocenters. The first-order valence-corrected chi connectivity index (χ1v) is 11.3. The van der Waals surface area contributed by atoms with Gasteiger partial charge in [-0.25, -0.2) is 5.48 Å². The van der Waals surface area contributed by atoms with Crippen molar-refractivity contribution in [2.45, 2.75) is 44.5 Å². The average molecular weight is 460 g/mol. The van der Waals surface area contributed by atoms with Crippen LogP contribution in [-0.2, 0) is 40.4 Å². The molecule has 3 aromatic rings. The Kier molecular flexibility index (Phi) is 7.57. The van der Waals surface area contributed by atoms with Gasteiger partial charge in [0.2, 0.25) is 11.8 Å². The third kappa shape index (κ3) is 6.01. The van der Waals surface area contributed by atoms with E-state index in [1.54, 1.807) is 29.2 Å². The number of hydroxylamine groups is 1. The molecule has 0 bridgehead atoms. The van der Waals surface area contributed by atoms with Gasteiger partial charge in [0.1, 0.15) is 5.75 Å². The number of rotatable bonds is 8. The van der Waals surface area contributed by atoms with Gasteiger partial charge >= 0.3 is 0 Å². The smallest absolute Gasteiger partial charge is 0.245 e. The zero-order chi connectivity index (χ0) is 23.9. The van der Waals surface area contributed by atoms with Crippen molar-refractivity contribution in [2.24, 2.45) is 5.73 Å². The second-order valence-electron chi connectivity index (χ2n) is 8.57. The zero-order valence-corrected chi connectivity index (χ0v) is 18.9. The fourth-order valence-corrected chi connectivity index (χ4v) is 4.24. The van der Waals surface area contributed by atoms with Crippen molar-refractivity contribution in [3.05, 3.63) is 101 Å². The van der Waals surface area contributed by atoms with Gasteiger partial charge in [-0.1, -0.05) is 66.7 Å². The van der Waals surface area contributed by atoms with E-state index in [-0.39, 0.29) is 36.6 Å². The predicted octanol–water partition coefficient (Wildman–Crippen LogP) is 2.85. The molecule has 1 heterocycles. The van der Waals surface area contributed by atoms with Gasteiger partial charge in [-0.2, -0.15) is 0 Å². The fraction of sp³-hybridized carbons (Fsp3) is 0.259. The molecule has 4 rings (SSSR count). The molecule has 0 saturated carbocycles. The molecule has 2 amide bonds. The number of hydrogen-bond acceptors (Lipinski definition) is 5. The van der Waals surface area contributed by atoms with E-state index in [0.29, 0.717) is 19.4 Å². The highest BCUT2D eigenvalue weighted by molar-refractivity contribution is 5.84. The van der Waals surface area contributed by atoms with E-state index in [9.17, 15) is 14.7 Å². The third-order valence-corrected chi connectivity index (χ3v) is 6.04. The fourth-order valence-electron chi connectivity index (χ4n) is 4.24. The average Bonchev–Trinajstić information content (AvgIpc) is 2.85. The van der Waals surface area contributed by atoms with Crippen molar-refractivity contribution in [3.8, 4) is 5.75 Å². The number of hydrogen-bond donors (Lipinski definition) is 3. The maximum Gasteiger partial charge on any atom is 0.245 e. The molecule has 0 spiro atoms. The molecule has 7 heteroatoms. The topological polar surface area (TPSA) is 105 Å². The van der Waals surface area contributed by atoms with Crippen LogP contribution in [0.15, 0.2) is 78.9 Å². The van der Waals surface area contributed by atoms with Crippen LogP contribution >= 0.6 is 0 Å². The maximum absolute atomic E-state index is 13.4. The van der Waals surface area contributed by atoms with Crippen LogP contribution in [0.3, 0.4) is 0 Å². The van der Waals surface area contributed by atoms with Crippen molar-refractivity contribution in [3.63, 3.8) is 0 Å². The number of nitrogens with two attached hydrogens (primary N) is 1. The van der Waals surface area contributed by atoms with Crippen molar-refractivity contribution in [1.82, 2.24) is 10.4 Å². The highest BCUT2D eigenvalue weighted by Gasteiger charge is 2.33. The standard InChI is InChI=1S/C27H29N3O4/c28-25(14-19-10-12-24(31)13-11-19)27(33)30-17-22-9-5-4-8-21(22)15-23(30)16-26(32)29-34-18-20-6-2-1-3-7-20/h1-13,23,25,31H,14-18,28H2,(H,29,32)/t23?,25-/m0/s1. The molecule has 176 valence electrons. The van der Waals surface area contributed by atoms with Crippen LogP contribution in [-0.4, -0.2) is 33.9 Å². The second kappa shape index (κ2) is 11.0. The van der Waals surface area contributed by atoms with Gasteiger partial charge in [0, 0.05) is 19.0 Å². The largest absolute Gasteiger partial charge is 0.508 e. The summed E-state index contributed by atoms with van der Waals surface area (Å²) in [4.78, 5) is 33.1. The number of aromatic hydroxyl groups is 1. The van der Waals surface area contributed by atoms with E-state index >= 15 is 0 Å². The van der Waals surface area contributed by atoms with E-state index in [1.165, 1.54) is 0 Å². The molecule has 1 aliphatic heterocycles. The molecule has 0 aromatic heterocycles. The van der Waals surface area contributed by atoms with Crippen LogP contribution < -0.4 is 11.2 Å². The number of phenols is 1. The number of nitrogens with zero attached hydrogens (tertiary/aromatic N) is 1. The number of benzene rings is 3. The van der Waals surface area contributed by atoms with Crippen molar-refractivity contribution < 1.29 is 19.5 Å². The minimum atomic E-state index is -0.755. The Morgan fingerprint density at radius 1 is 0.971 bits per heavy atom. The lowest BCUT2D eigenvalue weighted by Crippen LogP contribution is -2.52. The number of carbonyl (C=O) groups is 2. The molecule has 0 aliphatic carbocycles. The number of fused-ring (bicyclic) bond motifs is 1. The molecule has 1 aliphatic rings. The molecular formula is C27H29N3O4. The Bertz CT molecular complexity index is 1120. The summed E-state index contributed by atoms with van der Waals surface area (Å²) in [7, 11) is 0. The summed E-state index contributed by atoms with van der Waals surface area (Å²) in [5, 5.41) is 9.49. The van der Waals surface area contributed by atoms with E-state index in [2.05, 4.69) is 5.48 Å². The van der Waals surface area contributed by atoms with Crippen LogP contribution in [0.5, 0.6) is 5.75 Å². The molecule has 4 N–H and O–H groups in total. The molecule has 0 saturated heterocycles. The summed E-state index contributed by atoms with van der Waals surface area (Å²) in [6.45, 7) is 0.668. The van der Waals surface area contributed by atoms with Gasteiger partial charge in [-0.15, -0.1) is 0 Å². The minimum absolute atomic E-state index is 0.112. The Morgan fingerprint density at radius 2 is 1.65 bits per heavy atom. The van der Waals surface area contributed by atoms with Crippen molar-refractivity contribution in [2.75, 3.05) is 0 Å². The van der Waals surface area contributed by atoms with E-state index < -0.39 is 6.04 Å². The summed E-state index contributed by atoms with van der Waals surface area (Å²) in [6, 6.07) is 23.1. The Morgan fingerprint density at radius 3 is 2.38 bits per heavy atom. The lowest BCUT2D eigenvalue weighted by molar-refractivity contribution is -0.140. The second-order valence-corrected chi connectivity index (χ2v) is 8.57. The quantitative estimate of drug-likeness (QED) is 0.450. The van der Waals surface area contributed by atoms with Gasteiger partial charge in [0.05, 0.1) is 12.6 Å². The van der Waals surface area contributed by atoms with Gasteiger partial charge < -0.3 is 15.7 Å². The highest BCUT2D eigenvalue weighted by Crippen LogP contribution is 2.26. The first-order valence-electron chi connectivity index (χ1n) is 11.3. The summed E-state index contributed by atoms with van der Waals surface area (Å²) >= 11 is 0. The van der Waals surface area contributed by atoms with Gasteiger partial charge in [0.25, 0.3) is 0 Å². The zero-order valence-electron chi connectivity index (χ0n) is 18.9. The third-order valence-electron chi connectivity index (χ3n) is 6.04. The molecule has 7 nitrogen and oxygen atoms in total. The lowest BCUT2D eigenvalue weighted by Gasteiger charge is -2.38. The summed E-state index contributed by atoms with van der Waals surface area (Å²) < 4.78 is 0. The van der Waals surface area contributed by atoms with Crippen molar-refractivity contribution in [1.29, 1.82) is 0 Å². The van der Waals surface area contributed by atoms with Crippen LogP contribution in [0, 0.1) is 0 Å². The molecule has 0 radical (unpaired) electrons. The Balaban J connectivity index is 1.42. The Labute approximate surface area is 199 Å². The monoisotopic (exact) mass is 459 g/mol. The number of amides is 2. The van der Waals surface area contributed by atoms with E-state index in [0.717, 1.165) is 22.3 Å². The van der Waals surface area contributed by atoms with E-state index in [4.69, 9.17) is 10.6 Å². The van der Waals surface area contributed by atoms with Crippen LogP contribution in [0.2, 0.25) is 0 Å². The number of phenolic OH excluding ortho intramolecular Hbond substituents is 1. The predicted molar refractivity (Wildman–Crippen MR) is 128 cm³/mol. The Hall–Kier alpha value is -3.68. The van der Waals surface area contributed by atoms with Crippen LogP contribution in [0.1, 0.15) is 28.7 Å². The van der Waals surface area contributed by atoms with E-state index in [1.807, 2.05) is 54.6 Å². The van der Waals surface area contributed by atoms with Gasteiger partial charge in [-0.05, 0) is 47.2 Å². The first kappa shape index (κ1) is 23.5. The SMILES string of the molecule is N[C@@H](Cc1ccc(O)cc1)C(=O)N1Cc2ccccc2CC1CC(=O)NOCc1ccccc1. The van der Waals surface area contributed by atoms with Crippen LogP contribution in [0.25, 0.3) is 0 Å². The minimum Gasteiger partial charge on any atom is -0.508 e. The number of carbonyl (C=O) groups excluding carboxylic acids is 2. The highest BCUT2D eigenvalue weighted by atomic mass is 16.6. The summed E-state index contributed by atoms with van der Waals surface area (Å²) in [6.07, 6.45) is 1.02. The maximum atomic E-state index is 13.4. The van der Waals surface area contributed by atoms with Gasteiger partial charge in [-0.3, -0.25) is 14.4 Å². The molecule has 0 fully saturated rings. The molecule has 3 aromatic carbocycles. The van der Waals surface area contributed by atoms with Crippen molar-refractivity contribution >= 4 is 11.8 Å². The number of nitrogens with one attached hydrogen (secondary N) is 1. The molecular weight excluding hydrogens is 430 g/mol. The van der Waals surface area contributed by atoms with Gasteiger partial charge in [0.15, 0.2) is 0 Å². The molecule has 34 heavy (non-hydrogen) atoms. The first-order chi connectivity index (χ1) is 16.5. The summed E-state index contributed by atoms with van der Waals surface area (Å²) in [5.74, 6) is -0.326. The van der Waals surface area contributed by atoms with Crippen LogP contribution in [0.4, 0.5) is 0 Å². The molecule has 2 atom stereocenters. The lowest BCUT2D eigenvalue weighted by atomic mass is 9.91. The summed E-state index contributed by atoms with van der Waals surface area (Å²) in [5.41, 5.74) is 12.8.